The maximum absolute atomic E-state index is 6.49. The lowest BCUT2D eigenvalue weighted by molar-refractivity contribution is 0.715. The molecule has 1 aromatic heterocycles. The molecule has 1 unspecified atom stereocenters. The normalized spacial score (nSPS) is 19.6. The van der Waals surface area contributed by atoms with E-state index in [-0.39, 0.29) is 0 Å². The third kappa shape index (κ3) is 1.50. The molecule has 0 spiro atoms. The van der Waals surface area contributed by atoms with Gasteiger partial charge in [-0.3, -0.25) is 4.57 Å². The second-order valence-corrected chi connectivity index (χ2v) is 6.63. The summed E-state index contributed by atoms with van der Waals surface area (Å²) in [6, 6.07) is 15.8. The van der Waals surface area contributed by atoms with Crippen molar-refractivity contribution in [3.63, 3.8) is 0 Å². The zero-order valence-corrected chi connectivity index (χ0v) is 12.5. The van der Waals surface area contributed by atoms with Gasteiger partial charge in [0, 0.05) is 11.3 Å². The Bertz CT molecular complexity index is 809. The Morgan fingerprint density at radius 3 is 2.50 bits per heavy atom. The van der Waals surface area contributed by atoms with E-state index in [1.165, 1.54) is 0 Å². The Hall–Kier alpha value is -1.22. The number of aromatic nitrogens is 2. The fourth-order valence-corrected chi connectivity index (χ4v) is 3.46. The van der Waals surface area contributed by atoms with Gasteiger partial charge < -0.3 is 0 Å². The molecule has 3 aromatic rings. The van der Waals surface area contributed by atoms with Crippen molar-refractivity contribution >= 4 is 45.8 Å². The Morgan fingerprint density at radius 1 is 1.00 bits per heavy atom. The van der Waals surface area contributed by atoms with Crippen molar-refractivity contribution in [3.05, 3.63) is 59.9 Å². The monoisotopic (exact) mass is 322 g/mol. The molecule has 0 amide bonds. The summed E-state index contributed by atoms with van der Waals surface area (Å²) in [5, 5.41) is -0.512. The van der Waals surface area contributed by atoms with E-state index in [0.29, 0.717) is 5.82 Å². The molecule has 2 bridgehead atoms. The molecule has 2 aromatic carbocycles. The van der Waals surface area contributed by atoms with Crippen molar-refractivity contribution in [1.29, 1.82) is 0 Å². The fourth-order valence-electron chi connectivity index (χ4n) is 2.70. The van der Waals surface area contributed by atoms with Gasteiger partial charge >= 0.3 is 0 Å². The lowest BCUT2D eigenvalue weighted by Crippen LogP contribution is -2.23. The van der Waals surface area contributed by atoms with Crippen LogP contribution < -0.4 is 0 Å². The van der Waals surface area contributed by atoms with E-state index in [1.807, 2.05) is 53.1 Å². The molecule has 5 heteroatoms. The van der Waals surface area contributed by atoms with E-state index < -0.39 is 9.71 Å². The summed E-state index contributed by atoms with van der Waals surface area (Å²) in [6.45, 7) is 0. The van der Waals surface area contributed by atoms with Crippen LogP contribution in [0.2, 0.25) is 0 Å². The molecule has 0 fully saturated rings. The van der Waals surface area contributed by atoms with Gasteiger partial charge in [0.1, 0.15) is 5.38 Å². The molecule has 100 valence electrons. The van der Waals surface area contributed by atoms with Crippen LogP contribution in [0.15, 0.2) is 48.5 Å². The molecule has 0 saturated heterocycles. The number of benzene rings is 2. The van der Waals surface area contributed by atoms with Crippen LogP contribution in [-0.2, 0) is 4.33 Å². The first-order chi connectivity index (χ1) is 9.60. The summed E-state index contributed by atoms with van der Waals surface area (Å²) in [4.78, 5) is 4.59. The van der Waals surface area contributed by atoms with Gasteiger partial charge in [-0.15, -0.1) is 11.6 Å². The summed E-state index contributed by atoms with van der Waals surface area (Å²) >= 11 is 19.4. The third-order valence-corrected chi connectivity index (χ3v) is 5.18. The lowest BCUT2D eigenvalue weighted by Gasteiger charge is -2.26. The second kappa shape index (κ2) is 4.14. The van der Waals surface area contributed by atoms with Gasteiger partial charge in [-0.1, -0.05) is 53.5 Å². The molecule has 1 atom stereocenters. The van der Waals surface area contributed by atoms with Crippen LogP contribution in [0.5, 0.6) is 0 Å². The zero-order chi connectivity index (χ0) is 13.9. The average Bonchev–Trinajstić information content (AvgIpc) is 2.85. The van der Waals surface area contributed by atoms with E-state index >= 15 is 0 Å². The van der Waals surface area contributed by atoms with Gasteiger partial charge in [-0.05, 0) is 18.2 Å². The third-order valence-electron chi connectivity index (χ3n) is 3.62. The van der Waals surface area contributed by atoms with Crippen molar-refractivity contribution in [2.24, 2.45) is 0 Å². The molecule has 0 radical (unpaired) electrons. The minimum atomic E-state index is -1.25. The topological polar surface area (TPSA) is 17.8 Å². The summed E-state index contributed by atoms with van der Waals surface area (Å²) in [6.07, 6.45) is 0. The van der Waals surface area contributed by atoms with Gasteiger partial charge in [-0.2, -0.15) is 0 Å². The molecule has 4 rings (SSSR count). The fraction of sp³-hybridized carbons (Fsp3) is 0.133. The van der Waals surface area contributed by atoms with Crippen LogP contribution in [-0.4, -0.2) is 9.55 Å². The number of hydrogen-bond donors (Lipinski definition) is 0. The maximum Gasteiger partial charge on any atom is 0.196 e. The lowest BCUT2D eigenvalue weighted by atomic mass is 10.1. The van der Waals surface area contributed by atoms with E-state index in [1.54, 1.807) is 0 Å². The van der Waals surface area contributed by atoms with E-state index in [0.717, 1.165) is 22.3 Å². The number of para-hydroxylation sites is 2. The van der Waals surface area contributed by atoms with Crippen LogP contribution in [0.3, 0.4) is 0 Å². The molecule has 0 N–H and O–H groups in total. The molecule has 0 aliphatic carbocycles. The van der Waals surface area contributed by atoms with Crippen molar-refractivity contribution in [3.8, 4) is 5.69 Å². The number of alkyl halides is 3. The Labute approximate surface area is 130 Å². The standard InChI is InChI=1S/C15H9Cl3N2/c16-13-10-7-4-8-11-12(10)19-14(15(13,17)18)20(11)9-5-2-1-3-6-9/h1-8,13H. The molecule has 2 heterocycles. The Balaban J connectivity index is 2.15. The highest BCUT2D eigenvalue weighted by molar-refractivity contribution is 6.52. The summed E-state index contributed by atoms with van der Waals surface area (Å²) < 4.78 is 0.724. The van der Waals surface area contributed by atoms with Crippen LogP contribution in [0.1, 0.15) is 16.8 Å². The van der Waals surface area contributed by atoms with Crippen molar-refractivity contribution in [2.75, 3.05) is 0 Å². The summed E-state index contributed by atoms with van der Waals surface area (Å²) in [7, 11) is 0. The quantitative estimate of drug-likeness (QED) is 0.579. The predicted molar refractivity (Wildman–Crippen MR) is 83.0 cm³/mol. The first-order valence-electron chi connectivity index (χ1n) is 6.20. The number of imidazole rings is 1. The first-order valence-corrected chi connectivity index (χ1v) is 7.39. The number of nitrogens with zero attached hydrogens (tertiary/aromatic N) is 2. The number of fused-ring (bicyclic) bond motifs is 1. The van der Waals surface area contributed by atoms with Gasteiger partial charge in [0.25, 0.3) is 0 Å². The predicted octanol–water partition coefficient (Wildman–Crippen LogP) is 4.95. The molecular formula is C15H9Cl3N2. The molecule has 1 aliphatic heterocycles. The number of rotatable bonds is 1. The van der Waals surface area contributed by atoms with Crippen molar-refractivity contribution in [1.82, 2.24) is 9.55 Å². The van der Waals surface area contributed by atoms with Gasteiger partial charge in [0.15, 0.2) is 10.2 Å². The minimum absolute atomic E-state index is 0.512. The van der Waals surface area contributed by atoms with Gasteiger partial charge in [0.05, 0.1) is 11.0 Å². The Morgan fingerprint density at radius 2 is 1.75 bits per heavy atom. The highest BCUT2D eigenvalue weighted by Crippen LogP contribution is 2.54. The molecule has 1 aliphatic rings. The molecule has 2 nitrogen and oxygen atoms in total. The minimum Gasteiger partial charge on any atom is -0.294 e. The van der Waals surface area contributed by atoms with Crippen LogP contribution in [0.4, 0.5) is 0 Å². The summed E-state index contributed by atoms with van der Waals surface area (Å²) in [5.74, 6) is 0.570. The van der Waals surface area contributed by atoms with Gasteiger partial charge in [-0.25, -0.2) is 4.98 Å². The molecule has 0 saturated carbocycles. The van der Waals surface area contributed by atoms with Crippen LogP contribution in [0, 0.1) is 0 Å². The number of halogens is 3. The van der Waals surface area contributed by atoms with E-state index in [2.05, 4.69) is 4.98 Å². The van der Waals surface area contributed by atoms with Gasteiger partial charge in [0.2, 0.25) is 0 Å². The second-order valence-electron chi connectivity index (χ2n) is 4.81. The van der Waals surface area contributed by atoms with Crippen LogP contribution in [0.25, 0.3) is 16.7 Å². The SMILES string of the molecule is ClC1c2cccc3c2nc(n3-c2ccccc2)C1(Cl)Cl. The highest BCUT2D eigenvalue weighted by atomic mass is 35.5. The Kier molecular flexibility index (Phi) is 2.59. The maximum atomic E-state index is 6.49. The van der Waals surface area contributed by atoms with Crippen molar-refractivity contribution < 1.29 is 0 Å². The van der Waals surface area contributed by atoms with E-state index in [4.69, 9.17) is 34.8 Å². The van der Waals surface area contributed by atoms with Crippen LogP contribution >= 0.6 is 34.8 Å². The van der Waals surface area contributed by atoms with E-state index in [9.17, 15) is 0 Å². The molecular weight excluding hydrogens is 315 g/mol. The first kappa shape index (κ1) is 12.5. The smallest absolute Gasteiger partial charge is 0.196 e. The summed E-state index contributed by atoms with van der Waals surface area (Å²) in [5.41, 5.74) is 3.68. The zero-order valence-electron chi connectivity index (χ0n) is 10.2. The highest BCUT2D eigenvalue weighted by Gasteiger charge is 2.46. The largest absolute Gasteiger partial charge is 0.294 e. The molecule has 20 heavy (non-hydrogen) atoms. The van der Waals surface area contributed by atoms with Crippen molar-refractivity contribution in [2.45, 2.75) is 9.71 Å². The average molecular weight is 324 g/mol. The number of hydrogen-bond acceptors (Lipinski definition) is 1.